The SMILES string of the molecule is Cn1ccc2c(NC3CCCCCC3)ncnc21. The number of fused-ring (bicyclic) bond motifs is 1. The van der Waals surface area contributed by atoms with Crippen molar-refractivity contribution in [2.24, 2.45) is 7.05 Å². The zero-order valence-electron chi connectivity index (χ0n) is 10.9. The van der Waals surface area contributed by atoms with Gasteiger partial charge in [-0.2, -0.15) is 0 Å². The lowest BCUT2D eigenvalue weighted by Crippen LogP contribution is -2.19. The molecule has 1 saturated carbocycles. The number of rotatable bonds is 2. The van der Waals surface area contributed by atoms with Crippen LogP contribution in [0.15, 0.2) is 18.6 Å². The smallest absolute Gasteiger partial charge is 0.145 e. The Morgan fingerprint density at radius 3 is 2.72 bits per heavy atom. The van der Waals surface area contributed by atoms with Crippen molar-refractivity contribution < 1.29 is 0 Å². The third-order valence-electron chi connectivity index (χ3n) is 3.86. The van der Waals surface area contributed by atoms with Crippen LogP contribution in [0.2, 0.25) is 0 Å². The molecular weight excluding hydrogens is 224 g/mol. The number of aromatic nitrogens is 3. The lowest BCUT2D eigenvalue weighted by Gasteiger charge is -2.17. The molecule has 1 aliphatic carbocycles. The normalized spacial score (nSPS) is 17.8. The minimum Gasteiger partial charge on any atom is -0.367 e. The van der Waals surface area contributed by atoms with Crippen LogP contribution in [0, 0.1) is 0 Å². The summed E-state index contributed by atoms with van der Waals surface area (Å²) >= 11 is 0. The van der Waals surface area contributed by atoms with Gasteiger partial charge in [0.1, 0.15) is 17.8 Å². The van der Waals surface area contributed by atoms with Crippen molar-refractivity contribution in [3.8, 4) is 0 Å². The summed E-state index contributed by atoms with van der Waals surface area (Å²) < 4.78 is 2.04. The molecule has 1 N–H and O–H groups in total. The van der Waals surface area contributed by atoms with Gasteiger partial charge >= 0.3 is 0 Å². The Bertz CT molecular complexity index is 524. The van der Waals surface area contributed by atoms with Gasteiger partial charge in [-0.15, -0.1) is 0 Å². The average Bonchev–Trinajstić information content (AvgIpc) is 2.62. The van der Waals surface area contributed by atoms with Crippen molar-refractivity contribution >= 4 is 16.9 Å². The first-order valence-corrected chi connectivity index (χ1v) is 6.87. The predicted octanol–water partition coefficient (Wildman–Crippen LogP) is 3.10. The second-order valence-electron chi connectivity index (χ2n) is 5.22. The quantitative estimate of drug-likeness (QED) is 0.825. The fraction of sp³-hybridized carbons (Fsp3) is 0.571. The Morgan fingerprint density at radius 2 is 1.94 bits per heavy atom. The van der Waals surface area contributed by atoms with Crippen LogP contribution in [0.1, 0.15) is 38.5 Å². The molecule has 0 unspecified atom stereocenters. The van der Waals surface area contributed by atoms with E-state index in [2.05, 4.69) is 21.4 Å². The van der Waals surface area contributed by atoms with Crippen molar-refractivity contribution in [2.45, 2.75) is 44.6 Å². The van der Waals surface area contributed by atoms with Crippen molar-refractivity contribution in [3.63, 3.8) is 0 Å². The van der Waals surface area contributed by atoms with Gasteiger partial charge < -0.3 is 9.88 Å². The van der Waals surface area contributed by atoms with Crippen LogP contribution in [-0.2, 0) is 7.05 Å². The van der Waals surface area contributed by atoms with E-state index in [9.17, 15) is 0 Å². The summed E-state index contributed by atoms with van der Waals surface area (Å²) in [6.07, 6.45) is 11.6. The van der Waals surface area contributed by atoms with E-state index in [1.165, 1.54) is 38.5 Å². The maximum absolute atomic E-state index is 4.41. The second kappa shape index (κ2) is 4.96. The largest absolute Gasteiger partial charge is 0.367 e. The molecule has 2 aromatic rings. The van der Waals surface area contributed by atoms with Gasteiger partial charge in [0.2, 0.25) is 0 Å². The molecule has 0 spiro atoms. The van der Waals surface area contributed by atoms with Gasteiger partial charge in [0.05, 0.1) is 5.39 Å². The molecule has 0 radical (unpaired) electrons. The second-order valence-corrected chi connectivity index (χ2v) is 5.22. The van der Waals surface area contributed by atoms with Gasteiger partial charge in [0.15, 0.2) is 0 Å². The van der Waals surface area contributed by atoms with E-state index >= 15 is 0 Å². The molecule has 1 aliphatic rings. The van der Waals surface area contributed by atoms with Gasteiger partial charge in [0.25, 0.3) is 0 Å². The molecular formula is C14H20N4. The van der Waals surface area contributed by atoms with E-state index in [-0.39, 0.29) is 0 Å². The minimum absolute atomic E-state index is 0.575. The molecule has 0 bridgehead atoms. The molecule has 1 fully saturated rings. The Labute approximate surface area is 107 Å². The van der Waals surface area contributed by atoms with Gasteiger partial charge in [-0.25, -0.2) is 9.97 Å². The first-order chi connectivity index (χ1) is 8.84. The van der Waals surface area contributed by atoms with E-state index < -0.39 is 0 Å². The summed E-state index contributed by atoms with van der Waals surface area (Å²) in [5.41, 5.74) is 1.00. The molecule has 18 heavy (non-hydrogen) atoms. The zero-order chi connectivity index (χ0) is 12.4. The highest BCUT2D eigenvalue weighted by Gasteiger charge is 2.14. The summed E-state index contributed by atoms with van der Waals surface area (Å²) in [7, 11) is 2.02. The standard InChI is InChI=1S/C14H20N4/c1-18-9-8-12-13(15-10-16-14(12)18)17-11-6-4-2-3-5-7-11/h8-11H,2-7H2,1H3,(H,15,16,17). The molecule has 2 aromatic heterocycles. The third kappa shape index (κ3) is 2.19. The van der Waals surface area contributed by atoms with E-state index in [1.54, 1.807) is 6.33 Å². The highest BCUT2D eigenvalue weighted by atomic mass is 15.1. The maximum Gasteiger partial charge on any atom is 0.145 e. The van der Waals surface area contributed by atoms with Crippen molar-refractivity contribution in [2.75, 3.05) is 5.32 Å². The monoisotopic (exact) mass is 244 g/mol. The van der Waals surface area contributed by atoms with Crippen LogP contribution in [0.4, 0.5) is 5.82 Å². The zero-order valence-corrected chi connectivity index (χ0v) is 10.9. The van der Waals surface area contributed by atoms with Crippen molar-refractivity contribution in [1.29, 1.82) is 0 Å². The number of hydrogen-bond donors (Lipinski definition) is 1. The molecule has 4 heteroatoms. The molecule has 3 rings (SSSR count). The van der Waals surface area contributed by atoms with Crippen LogP contribution in [0.5, 0.6) is 0 Å². The van der Waals surface area contributed by atoms with Gasteiger partial charge in [-0.05, 0) is 18.9 Å². The van der Waals surface area contributed by atoms with Gasteiger partial charge in [-0.1, -0.05) is 25.7 Å². The summed E-state index contributed by atoms with van der Waals surface area (Å²) in [6, 6.07) is 2.67. The molecule has 4 nitrogen and oxygen atoms in total. The van der Waals surface area contributed by atoms with Crippen LogP contribution in [0.3, 0.4) is 0 Å². The van der Waals surface area contributed by atoms with Gasteiger partial charge in [-0.3, -0.25) is 0 Å². The maximum atomic E-state index is 4.41. The molecule has 0 aromatic carbocycles. The number of nitrogens with one attached hydrogen (secondary N) is 1. The van der Waals surface area contributed by atoms with E-state index in [0.717, 1.165) is 16.9 Å². The molecule has 0 aliphatic heterocycles. The Hall–Kier alpha value is -1.58. The lowest BCUT2D eigenvalue weighted by atomic mass is 10.1. The molecule has 96 valence electrons. The van der Waals surface area contributed by atoms with E-state index in [1.807, 2.05) is 17.8 Å². The number of hydrogen-bond acceptors (Lipinski definition) is 3. The van der Waals surface area contributed by atoms with Crippen molar-refractivity contribution in [3.05, 3.63) is 18.6 Å². The average molecular weight is 244 g/mol. The topological polar surface area (TPSA) is 42.7 Å². The summed E-state index contributed by atoms with van der Waals surface area (Å²) in [4.78, 5) is 8.73. The highest BCUT2D eigenvalue weighted by Crippen LogP contribution is 2.24. The molecule has 2 heterocycles. The first-order valence-electron chi connectivity index (χ1n) is 6.87. The fourth-order valence-electron chi connectivity index (χ4n) is 2.81. The van der Waals surface area contributed by atoms with E-state index in [0.29, 0.717) is 6.04 Å². The first kappa shape index (κ1) is 11.5. The third-order valence-corrected chi connectivity index (χ3v) is 3.86. The Morgan fingerprint density at radius 1 is 1.17 bits per heavy atom. The Kier molecular flexibility index (Phi) is 3.17. The Balaban J connectivity index is 1.85. The van der Waals surface area contributed by atoms with E-state index in [4.69, 9.17) is 0 Å². The summed E-state index contributed by atoms with van der Waals surface area (Å²) in [6.45, 7) is 0. The van der Waals surface area contributed by atoms with Crippen LogP contribution in [0.25, 0.3) is 11.0 Å². The number of nitrogens with zero attached hydrogens (tertiary/aromatic N) is 3. The van der Waals surface area contributed by atoms with Gasteiger partial charge in [0, 0.05) is 19.3 Å². The molecule has 0 atom stereocenters. The number of anilines is 1. The van der Waals surface area contributed by atoms with Crippen LogP contribution >= 0.6 is 0 Å². The van der Waals surface area contributed by atoms with Crippen LogP contribution in [-0.4, -0.2) is 20.6 Å². The minimum atomic E-state index is 0.575. The molecule has 0 saturated heterocycles. The van der Waals surface area contributed by atoms with Crippen molar-refractivity contribution in [1.82, 2.24) is 14.5 Å². The van der Waals surface area contributed by atoms with Crippen LogP contribution < -0.4 is 5.32 Å². The lowest BCUT2D eigenvalue weighted by molar-refractivity contribution is 0.618. The fourth-order valence-corrected chi connectivity index (χ4v) is 2.81. The summed E-state index contributed by atoms with van der Waals surface area (Å²) in [5, 5.41) is 4.74. The summed E-state index contributed by atoms with van der Waals surface area (Å²) in [5.74, 6) is 0.993. The predicted molar refractivity (Wildman–Crippen MR) is 73.6 cm³/mol. The highest BCUT2D eigenvalue weighted by molar-refractivity contribution is 5.87. The number of aryl methyl sites for hydroxylation is 1. The molecule has 0 amide bonds.